The molecule has 8 nitrogen and oxygen atoms in total. The van der Waals surface area contributed by atoms with Crippen molar-refractivity contribution in [2.24, 2.45) is 7.05 Å². The van der Waals surface area contributed by atoms with Gasteiger partial charge in [0.05, 0.1) is 37.1 Å². The summed E-state index contributed by atoms with van der Waals surface area (Å²) in [7, 11) is 1.99. The van der Waals surface area contributed by atoms with Crippen LogP contribution in [-0.4, -0.2) is 64.0 Å². The minimum Gasteiger partial charge on any atom is -0.381 e. The Morgan fingerprint density at radius 2 is 2.15 bits per heavy atom. The average Bonchev–Trinajstić information content (AvgIpc) is 3.43. The number of pyridine rings is 1. The maximum Gasteiger partial charge on any atom is 0.136 e. The SMILES string of the molecule is C[C@@H]1COCCN1c1cc(C2CCOC2)c2c(n1)c(-c1ccn[nH]1)nn2C.[HH]. The molecule has 2 aliphatic heterocycles. The molecule has 3 aromatic heterocycles. The highest BCUT2D eigenvalue weighted by atomic mass is 16.5. The summed E-state index contributed by atoms with van der Waals surface area (Å²) >= 11 is 0. The van der Waals surface area contributed by atoms with Gasteiger partial charge < -0.3 is 14.4 Å². The summed E-state index contributed by atoms with van der Waals surface area (Å²) in [6, 6.07) is 4.47. The number of hydrogen-bond donors (Lipinski definition) is 1. The lowest BCUT2D eigenvalue weighted by Gasteiger charge is -2.34. The summed E-state index contributed by atoms with van der Waals surface area (Å²) in [6.07, 6.45) is 2.78. The average molecular weight is 370 g/mol. The first-order valence-electron chi connectivity index (χ1n) is 9.52. The van der Waals surface area contributed by atoms with E-state index in [1.807, 2.05) is 17.8 Å². The van der Waals surface area contributed by atoms with Crippen molar-refractivity contribution in [1.82, 2.24) is 25.0 Å². The molecule has 0 spiro atoms. The molecule has 144 valence electrons. The fourth-order valence-electron chi connectivity index (χ4n) is 4.17. The molecule has 0 radical (unpaired) electrons. The first kappa shape index (κ1) is 16.7. The van der Waals surface area contributed by atoms with Crippen molar-refractivity contribution in [2.75, 3.05) is 37.9 Å². The zero-order chi connectivity index (χ0) is 18.4. The molecule has 0 amide bonds. The van der Waals surface area contributed by atoms with E-state index in [4.69, 9.17) is 19.6 Å². The summed E-state index contributed by atoms with van der Waals surface area (Å²) in [4.78, 5) is 7.40. The standard InChI is InChI=1S/C19H24N6O2.H2/c1-12-10-27-8-6-25(12)16-9-14(13-4-7-26-11-13)19-18(21-16)17(23-24(19)2)15-3-5-20-22-15;/h3,5,9,12-13H,4,6-8,10-11H2,1-2H3,(H,20,22);1H/t12-,13?;/m1./s1. The van der Waals surface area contributed by atoms with Gasteiger partial charge in [0, 0.05) is 33.7 Å². The highest BCUT2D eigenvalue weighted by molar-refractivity contribution is 5.92. The molecule has 5 heterocycles. The predicted octanol–water partition coefficient (Wildman–Crippen LogP) is 2.33. The van der Waals surface area contributed by atoms with Crippen LogP contribution in [0.5, 0.6) is 0 Å². The lowest BCUT2D eigenvalue weighted by atomic mass is 9.97. The number of aromatic amines is 1. The Bertz CT molecular complexity index is 951. The second-order valence-electron chi connectivity index (χ2n) is 7.39. The zero-order valence-corrected chi connectivity index (χ0v) is 15.7. The van der Waals surface area contributed by atoms with Crippen LogP contribution in [0.1, 0.15) is 26.3 Å². The molecule has 1 unspecified atom stereocenters. The summed E-state index contributed by atoms with van der Waals surface area (Å²) in [5.41, 5.74) is 4.99. The highest BCUT2D eigenvalue weighted by Crippen LogP contribution is 2.37. The fourth-order valence-corrected chi connectivity index (χ4v) is 4.17. The maximum absolute atomic E-state index is 5.69. The summed E-state index contributed by atoms with van der Waals surface area (Å²) < 4.78 is 13.2. The van der Waals surface area contributed by atoms with Gasteiger partial charge in [0.15, 0.2) is 0 Å². The normalized spacial score (nSPS) is 23.4. The molecule has 2 aliphatic rings. The van der Waals surface area contributed by atoms with Gasteiger partial charge in [-0.15, -0.1) is 0 Å². The third-order valence-electron chi connectivity index (χ3n) is 5.59. The molecule has 0 bridgehead atoms. The Morgan fingerprint density at radius 3 is 2.89 bits per heavy atom. The third-order valence-corrected chi connectivity index (χ3v) is 5.59. The number of hydrogen-bond acceptors (Lipinski definition) is 6. The number of rotatable bonds is 3. The number of fused-ring (bicyclic) bond motifs is 1. The second-order valence-corrected chi connectivity index (χ2v) is 7.39. The number of aryl methyl sites for hydroxylation is 1. The first-order valence-corrected chi connectivity index (χ1v) is 9.52. The molecule has 27 heavy (non-hydrogen) atoms. The van der Waals surface area contributed by atoms with Crippen LogP contribution in [-0.2, 0) is 16.5 Å². The Hall–Kier alpha value is -2.45. The number of nitrogens with one attached hydrogen (secondary N) is 1. The Balaban J connectivity index is 0.00000192. The van der Waals surface area contributed by atoms with Gasteiger partial charge in [-0.2, -0.15) is 10.2 Å². The Kier molecular flexibility index (Phi) is 4.09. The number of ether oxygens (including phenoxy) is 2. The van der Waals surface area contributed by atoms with Crippen molar-refractivity contribution in [3.8, 4) is 11.4 Å². The van der Waals surface area contributed by atoms with Crippen molar-refractivity contribution in [2.45, 2.75) is 25.3 Å². The number of morpholine rings is 1. The van der Waals surface area contributed by atoms with Crippen molar-refractivity contribution in [1.29, 1.82) is 0 Å². The van der Waals surface area contributed by atoms with Crippen LogP contribution in [0.2, 0.25) is 0 Å². The smallest absolute Gasteiger partial charge is 0.136 e. The van der Waals surface area contributed by atoms with Crippen molar-refractivity contribution in [3.63, 3.8) is 0 Å². The van der Waals surface area contributed by atoms with E-state index in [0.717, 1.165) is 67.6 Å². The maximum atomic E-state index is 5.69. The van der Waals surface area contributed by atoms with Crippen molar-refractivity contribution < 1.29 is 10.9 Å². The van der Waals surface area contributed by atoms with Gasteiger partial charge in [-0.1, -0.05) is 0 Å². The number of nitrogens with zero attached hydrogens (tertiary/aromatic N) is 5. The molecule has 2 atom stereocenters. The molecule has 8 heteroatoms. The van der Waals surface area contributed by atoms with E-state index >= 15 is 0 Å². The van der Waals surface area contributed by atoms with Crippen LogP contribution in [0.15, 0.2) is 18.3 Å². The van der Waals surface area contributed by atoms with Crippen LogP contribution < -0.4 is 4.90 Å². The van der Waals surface area contributed by atoms with Crippen LogP contribution in [0.3, 0.4) is 0 Å². The van der Waals surface area contributed by atoms with Gasteiger partial charge in [0.1, 0.15) is 17.0 Å². The van der Waals surface area contributed by atoms with Crippen molar-refractivity contribution >= 4 is 16.9 Å². The molecule has 1 N–H and O–H groups in total. The van der Waals surface area contributed by atoms with E-state index in [0.29, 0.717) is 12.0 Å². The van der Waals surface area contributed by atoms with E-state index < -0.39 is 0 Å². The monoisotopic (exact) mass is 370 g/mol. The third kappa shape index (κ3) is 2.80. The number of anilines is 1. The lowest BCUT2D eigenvalue weighted by molar-refractivity contribution is 0.0985. The van der Waals surface area contributed by atoms with E-state index in [9.17, 15) is 0 Å². The van der Waals surface area contributed by atoms with Gasteiger partial charge >= 0.3 is 0 Å². The first-order chi connectivity index (χ1) is 13.2. The van der Waals surface area contributed by atoms with Gasteiger partial charge in [0.2, 0.25) is 0 Å². The molecule has 0 aliphatic carbocycles. The molecule has 3 aromatic rings. The van der Waals surface area contributed by atoms with E-state index in [-0.39, 0.29) is 1.43 Å². The molecule has 2 fully saturated rings. The highest BCUT2D eigenvalue weighted by Gasteiger charge is 2.28. The molecule has 2 saturated heterocycles. The quantitative estimate of drug-likeness (QED) is 0.762. The second kappa shape index (κ2) is 6.61. The Morgan fingerprint density at radius 1 is 1.26 bits per heavy atom. The summed E-state index contributed by atoms with van der Waals surface area (Å²) in [5, 5.41) is 11.9. The zero-order valence-electron chi connectivity index (χ0n) is 15.7. The van der Waals surface area contributed by atoms with Crippen LogP contribution in [0.25, 0.3) is 22.4 Å². The molecular weight excluding hydrogens is 344 g/mol. The fraction of sp³-hybridized carbons (Fsp3) is 0.526. The minimum absolute atomic E-state index is 0. The van der Waals surface area contributed by atoms with E-state index in [1.54, 1.807) is 6.20 Å². The molecular formula is C19H26N6O2. The van der Waals surface area contributed by atoms with E-state index in [1.165, 1.54) is 5.56 Å². The number of aromatic nitrogens is 5. The van der Waals surface area contributed by atoms with Crippen LogP contribution in [0, 0.1) is 0 Å². The van der Waals surface area contributed by atoms with Gasteiger partial charge in [0.25, 0.3) is 0 Å². The van der Waals surface area contributed by atoms with Gasteiger partial charge in [-0.25, -0.2) is 4.98 Å². The Labute approximate surface area is 159 Å². The van der Waals surface area contributed by atoms with Crippen molar-refractivity contribution in [3.05, 3.63) is 23.9 Å². The lowest BCUT2D eigenvalue weighted by Crippen LogP contribution is -2.44. The largest absolute Gasteiger partial charge is 0.381 e. The van der Waals surface area contributed by atoms with Gasteiger partial charge in [-0.05, 0) is 31.0 Å². The van der Waals surface area contributed by atoms with Crippen LogP contribution >= 0.6 is 0 Å². The number of H-pyrrole nitrogens is 1. The molecule has 5 rings (SSSR count). The summed E-state index contributed by atoms with van der Waals surface area (Å²) in [6.45, 7) is 6.04. The topological polar surface area (TPSA) is 81.1 Å². The van der Waals surface area contributed by atoms with Crippen LogP contribution in [0.4, 0.5) is 5.82 Å². The molecule has 0 aromatic carbocycles. The van der Waals surface area contributed by atoms with E-state index in [2.05, 4.69) is 28.1 Å². The minimum atomic E-state index is 0. The summed E-state index contributed by atoms with van der Waals surface area (Å²) in [5.74, 6) is 1.37. The molecule has 0 saturated carbocycles. The predicted molar refractivity (Wildman–Crippen MR) is 104 cm³/mol. The van der Waals surface area contributed by atoms with Gasteiger partial charge in [-0.3, -0.25) is 9.78 Å².